The van der Waals surface area contributed by atoms with Gasteiger partial charge in [0.1, 0.15) is 6.61 Å². The second kappa shape index (κ2) is 7.75. The first kappa shape index (κ1) is 16.2. The molecule has 0 heterocycles. The maximum atomic E-state index is 12.3. The average molecular weight is 374 g/mol. The van der Waals surface area contributed by atoms with Crippen molar-refractivity contribution in [2.45, 2.75) is 26.0 Å². The second-order valence-corrected chi connectivity index (χ2v) is 6.90. The van der Waals surface area contributed by atoms with Gasteiger partial charge < -0.3 is 10.1 Å². The molecule has 0 spiro atoms. The zero-order valence-electron chi connectivity index (χ0n) is 12.9. The van der Waals surface area contributed by atoms with Crippen molar-refractivity contribution in [2.75, 3.05) is 6.54 Å². The number of hydrogen-bond acceptors (Lipinski definition) is 3. The Balaban J connectivity index is 1.58. The molecule has 0 aliphatic heterocycles. The molecule has 0 unspecified atom stereocenters. The molecular weight excluding hydrogens is 354 g/mol. The van der Waals surface area contributed by atoms with Crippen LogP contribution < -0.4 is 5.32 Å². The van der Waals surface area contributed by atoms with Crippen LogP contribution in [-0.2, 0) is 17.9 Å². The Kier molecular flexibility index (Phi) is 5.47. The molecule has 120 valence electrons. The standard InChI is InChI=1S/C19H20BrNO2/c20-18-9-16(12-21-11-14-6-7-14)8-17(10-18)19(22)23-13-15-4-2-1-3-5-15/h1-5,8-10,14,21H,6-7,11-13H2. The van der Waals surface area contributed by atoms with Gasteiger partial charge in [0, 0.05) is 11.0 Å². The third-order valence-electron chi connectivity index (χ3n) is 3.87. The quantitative estimate of drug-likeness (QED) is 0.735. The summed E-state index contributed by atoms with van der Waals surface area (Å²) < 4.78 is 6.29. The lowest BCUT2D eigenvalue weighted by molar-refractivity contribution is 0.0472. The topological polar surface area (TPSA) is 38.3 Å². The highest BCUT2D eigenvalue weighted by molar-refractivity contribution is 9.10. The lowest BCUT2D eigenvalue weighted by atomic mass is 10.1. The van der Waals surface area contributed by atoms with Crippen molar-refractivity contribution < 1.29 is 9.53 Å². The fraction of sp³-hybridized carbons (Fsp3) is 0.316. The van der Waals surface area contributed by atoms with Crippen LogP contribution in [0.5, 0.6) is 0 Å². The summed E-state index contributed by atoms with van der Waals surface area (Å²) in [5, 5.41) is 3.44. The summed E-state index contributed by atoms with van der Waals surface area (Å²) in [5.74, 6) is 0.552. The van der Waals surface area contributed by atoms with Crippen LogP contribution >= 0.6 is 15.9 Å². The lowest BCUT2D eigenvalue weighted by Crippen LogP contribution is -2.16. The van der Waals surface area contributed by atoms with Crippen molar-refractivity contribution in [1.82, 2.24) is 5.32 Å². The molecule has 0 aromatic heterocycles. The smallest absolute Gasteiger partial charge is 0.338 e. The van der Waals surface area contributed by atoms with Gasteiger partial charge in [-0.2, -0.15) is 0 Å². The van der Waals surface area contributed by atoms with E-state index in [0.717, 1.165) is 34.6 Å². The van der Waals surface area contributed by atoms with Gasteiger partial charge in [-0.3, -0.25) is 0 Å². The second-order valence-electron chi connectivity index (χ2n) is 5.98. The van der Waals surface area contributed by atoms with Crippen LogP contribution in [0.15, 0.2) is 53.0 Å². The summed E-state index contributed by atoms with van der Waals surface area (Å²) in [6.45, 7) is 2.12. The molecule has 1 saturated carbocycles. The molecule has 0 bridgehead atoms. The molecular formula is C19H20BrNO2. The normalized spacial score (nSPS) is 13.8. The van der Waals surface area contributed by atoms with E-state index in [1.807, 2.05) is 42.5 Å². The van der Waals surface area contributed by atoms with E-state index in [1.54, 1.807) is 6.07 Å². The summed E-state index contributed by atoms with van der Waals surface area (Å²) >= 11 is 3.47. The van der Waals surface area contributed by atoms with Crippen LogP contribution in [0.25, 0.3) is 0 Å². The van der Waals surface area contributed by atoms with Crippen molar-refractivity contribution in [3.05, 3.63) is 69.7 Å². The Labute approximate surface area is 145 Å². The van der Waals surface area contributed by atoms with Crippen molar-refractivity contribution >= 4 is 21.9 Å². The minimum atomic E-state index is -0.293. The number of benzene rings is 2. The fourth-order valence-electron chi connectivity index (χ4n) is 2.42. The first-order valence-electron chi connectivity index (χ1n) is 7.92. The number of nitrogens with one attached hydrogen (secondary N) is 1. The van der Waals surface area contributed by atoms with Gasteiger partial charge in [-0.15, -0.1) is 0 Å². The van der Waals surface area contributed by atoms with E-state index in [9.17, 15) is 4.79 Å². The zero-order chi connectivity index (χ0) is 16.1. The Morgan fingerprint density at radius 2 is 1.91 bits per heavy atom. The van der Waals surface area contributed by atoms with Crippen molar-refractivity contribution in [3.8, 4) is 0 Å². The van der Waals surface area contributed by atoms with Crippen LogP contribution in [-0.4, -0.2) is 12.5 Å². The van der Waals surface area contributed by atoms with E-state index in [-0.39, 0.29) is 5.97 Å². The molecule has 23 heavy (non-hydrogen) atoms. The SMILES string of the molecule is O=C(OCc1ccccc1)c1cc(Br)cc(CNCC2CC2)c1. The molecule has 4 heteroatoms. The molecule has 3 rings (SSSR count). The van der Waals surface area contributed by atoms with Crippen LogP contribution in [0.3, 0.4) is 0 Å². The average Bonchev–Trinajstić information content (AvgIpc) is 3.37. The minimum absolute atomic E-state index is 0.293. The molecule has 1 aliphatic carbocycles. The molecule has 3 nitrogen and oxygen atoms in total. The maximum absolute atomic E-state index is 12.3. The maximum Gasteiger partial charge on any atom is 0.338 e. The predicted molar refractivity (Wildman–Crippen MR) is 94.1 cm³/mol. The van der Waals surface area contributed by atoms with Crippen LogP contribution in [0.2, 0.25) is 0 Å². The molecule has 0 radical (unpaired) electrons. The first-order chi connectivity index (χ1) is 11.2. The third kappa shape index (κ3) is 5.19. The van der Waals surface area contributed by atoms with Gasteiger partial charge in [-0.25, -0.2) is 4.79 Å². The third-order valence-corrected chi connectivity index (χ3v) is 4.32. The van der Waals surface area contributed by atoms with E-state index < -0.39 is 0 Å². The molecule has 2 aromatic carbocycles. The van der Waals surface area contributed by atoms with E-state index in [2.05, 4.69) is 21.2 Å². The molecule has 1 aliphatic rings. The summed E-state index contributed by atoms with van der Waals surface area (Å²) in [4.78, 5) is 12.3. The van der Waals surface area contributed by atoms with Crippen molar-refractivity contribution in [3.63, 3.8) is 0 Å². The minimum Gasteiger partial charge on any atom is -0.457 e. The molecule has 0 amide bonds. The largest absolute Gasteiger partial charge is 0.457 e. The van der Waals surface area contributed by atoms with Crippen LogP contribution in [0, 0.1) is 5.92 Å². The summed E-state index contributed by atoms with van der Waals surface area (Å²) in [5.41, 5.74) is 2.66. The molecule has 1 N–H and O–H groups in total. The lowest BCUT2D eigenvalue weighted by Gasteiger charge is -2.09. The molecule has 1 fully saturated rings. The Morgan fingerprint density at radius 3 is 2.65 bits per heavy atom. The first-order valence-corrected chi connectivity index (χ1v) is 8.71. The van der Waals surface area contributed by atoms with Gasteiger partial charge in [0.15, 0.2) is 0 Å². The van der Waals surface area contributed by atoms with Gasteiger partial charge >= 0.3 is 5.97 Å². The van der Waals surface area contributed by atoms with Crippen LogP contribution in [0.4, 0.5) is 0 Å². The van der Waals surface area contributed by atoms with Crippen LogP contribution in [0.1, 0.15) is 34.3 Å². The number of carbonyl (C=O) groups is 1. The number of hydrogen-bond donors (Lipinski definition) is 1. The van der Waals surface area contributed by atoms with E-state index >= 15 is 0 Å². The van der Waals surface area contributed by atoms with E-state index in [4.69, 9.17) is 4.74 Å². The predicted octanol–water partition coefficient (Wildman–Crippen LogP) is 4.31. The summed E-state index contributed by atoms with van der Waals surface area (Å²) in [6.07, 6.45) is 2.67. The Hall–Kier alpha value is -1.65. The van der Waals surface area contributed by atoms with E-state index in [0.29, 0.717) is 12.2 Å². The highest BCUT2D eigenvalue weighted by Gasteiger charge is 2.20. The number of carbonyl (C=O) groups excluding carboxylic acids is 1. The van der Waals surface area contributed by atoms with Gasteiger partial charge in [0.2, 0.25) is 0 Å². The number of esters is 1. The van der Waals surface area contributed by atoms with Gasteiger partial charge in [-0.05, 0) is 54.6 Å². The molecule has 0 atom stereocenters. The number of ether oxygens (including phenoxy) is 1. The Morgan fingerprint density at radius 1 is 1.13 bits per heavy atom. The van der Waals surface area contributed by atoms with Gasteiger partial charge in [-0.1, -0.05) is 46.3 Å². The van der Waals surface area contributed by atoms with Crippen molar-refractivity contribution in [1.29, 1.82) is 0 Å². The summed E-state index contributed by atoms with van der Waals surface area (Å²) in [7, 11) is 0. The number of halogens is 1. The molecule has 2 aromatic rings. The number of rotatable bonds is 7. The highest BCUT2D eigenvalue weighted by Crippen LogP contribution is 2.27. The zero-order valence-corrected chi connectivity index (χ0v) is 14.5. The van der Waals surface area contributed by atoms with Gasteiger partial charge in [0.25, 0.3) is 0 Å². The monoisotopic (exact) mass is 373 g/mol. The molecule has 0 saturated heterocycles. The van der Waals surface area contributed by atoms with Crippen molar-refractivity contribution in [2.24, 2.45) is 5.92 Å². The highest BCUT2D eigenvalue weighted by atomic mass is 79.9. The Bertz CT molecular complexity index is 668. The summed E-state index contributed by atoms with van der Waals surface area (Å²) in [6, 6.07) is 15.4. The van der Waals surface area contributed by atoms with Gasteiger partial charge in [0.05, 0.1) is 5.56 Å². The fourth-order valence-corrected chi connectivity index (χ4v) is 2.96. The van der Waals surface area contributed by atoms with E-state index in [1.165, 1.54) is 12.8 Å².